The van der Waals surface area contributed by atoms with E-state index in [1.54, 1.807) is 22.9 Å². The van der Waals surface area contributed by atoms with Crippen LogP contribution in [0.15, 0.2) is 30.5 Å². The molecule has 0 unspecified atom stereocenters. The van der Waals surface area contributed by atoms with Crippen molar-refractivity contribution in [3.8, 4) is 5.75 Å². The second-order valence-corrected chi connectivity index (χ2v) is 4.40. The van der Waals surface area contributed by atoms with E-state index in [0.29, 0.717) is 19.7 Å². The highest BCUT2D eigenvalue weighted by Crippen LogP contribution is 2.15. The second-order valence-electron chi connectivity index (χ2n) is 4.40. The van der Waals surface area contributed by atoms with Crippen molar-refractivity contribution in [1.82, 2.24) is 19.9 Å². The quantitative estimate of drug-likeness (QED) is 0.792. The summed E-state index contributed by atoms with van der Waals surface area (Å²) in [7, 11) is 3.79. The van der Waals surface area contributed by atoms with Crippen LogP contribution in [0, 0.1) is 5.82 Å². The molecule has 0 aliphatic heterocycles. The number of hydrogen-bond acceptors (Lipinski definition) is 4. The van der Waals surface area contributed by atoms with Crippen LogP contribution >= 0.6 is 0 Å². The Labute approximate surface area is 111 Å². The van der Waals surface area contributed by atoms with Gasteiger partial charge in [0.1, 0.15) is 6.61 Å². The molecule has 0 bridgehead atoms. The van der Waals surface area contributed by atoms with Gasteiger partial charge in [0.2, 0.25) is 0 Å². The fourth-order valence-electron chi connectivity index (χ4n) is 1.70. The molecule has 1 aromatic heterocycles. The van der Waals surface area contributed by atoms with Crippen molar-refractivity contribution >= 4 is 0 Å². The van der Waals surface area contributed by atoms with E-state index in [1.807, 2.05) is 25.2 Å². The van der Waals surface area contributed by atoms with Crippen LogP contribution in [-0.4, -0.2) is 40.1 Å². The molecule has 0 atom stereocenters. The number of hydrogen-bond donors (Lipinski definition) is 0. The van der Waals surface area contributed by atoms with Crippen molar-refractivity contribution in [1.29, 1.82) is 0 Å². The first-order chi connectivity index (χ1) is 9.15. The Kier molecular flexibility index (Phi) is 4.46. The first kappa shape index (κ1) is 13.5. The average Bonchev–Trinajstić information content (AvgIpc) is 2.77. The van der Waals surface area contributed by atoms with Gasteiger partial charge < -0.3 is 4.74 Å². The maximum Gasteiger partial charge on any atom is 0.165 e. The smallest absolute Gasteiger partial charge is 0.165 e. The summed E-state index contributed by atoms with van der Waals surface area (Å²) in [5, 5.41) is 7.87. The summed E-state index contributed by atoms with van der Waals surface area (Å²) in [4.78, 5) is 2.05. The van der Waals surface area contributed by atoms with E-state index in [-0.39, 0.29) is 11.6 Å². The zero-order valence-electron chi connectivity index (χ0n) is 11.1. The lowest BCUT2D eigenvalue weighted by Gasteiger charge is -2.15. The zero-order valence-corrected chi connectivity index (χ0v) is 11.1. The molecule has 0 amide bonds. The fraction of sp³-hybridized carbons (Fsp3) is 0.385. The number of likely N-dealkylation sites (N-methyl/N-ethyl adjacent to an activating group) is 1. The molecule has 0 N–H and O–H groups in total. The van der Waals surface area contributed by atoms with Crippen molar-refractivity contribution < 1.29 is 9.13 Å². The second kappa shape index (κ2) is 6.29. The third-order valence-electron chi connectivity index (χ3n) is 2.65. The Balaban J connectivity index is 1.75. The van der Waals surface area contributed by atoms with E-state index < -0.39 is 0 Å². The minimum atomic E-state index is -0.334. The minimum Gasteiger partial charge on any atom is -0.489 e. The first-order valence-electron chi connectivity index (χ1n) is 6.06. The number of ether oxygens (including phenoxy) is 1. The van der Waals surface area contributed by atoms with Crippen LogP contribution in [0.2, 0.25) is 0 Å². The van der Waals surface area contributed by atoms with Crippen LogP contribution in [0.25, 0.3) is 0 Å². The molecule has 19 heavy (non-hydrogen) atoms. The highest BCUT2D eigenvalue weighted by Gasteiger charge is 2.05. The van der Waals surface area contributed by atoms with Gasteiger partial charge in [-0.1, -0.05) is 17.3 Å². The lowest BCUT2D eigenvalue weighted by molar-refractivity contribution is 0.225. The molecule has 0 saturated heterocycles. The molecule has 1 aromatic carbocycles. The van der Waals surface area contributed by atoms with Gasteiger partial charge in [0.05, 0.1) is 5.69 Å². The molecular formula is C13H17FN4O. The molecular weight excluding hydrogens is 247 g/mol. The number of aromatic nitrogens is 3. The van der Waals surface area contributed by atoms with E-state index in [2.05, 4.69) is 10.3 Å². The van der Waals surface area contributed by atoms with Gasteiger partial charge in [-0.3, -0.25) is 9.58 Å². The molecule has 0 fully saturated rings. The third-order valence-corrected chi connectivity index (χ3v) is 2.65. The van der Waals surface area contributed by atoms with E-state index in [1.165, 1.54) is 6.07 Å². The van der Waals surface area contributed by atoms with Crippen LogP contribution in [0.3, 0.4) is 0 Å². The van der Waals surface area contributed by atoms with Gasteiger partial charge in [0.25, 0.3) is 0 Å². The topological polar surface area (TPSA) is 43.2 Å². The highest BCUT2D eigenvalue weighted by molar-refractivity contribution is 5.23. The van der Waals surface area contributed by atoms with Gasteiger partial charge in [-0.25, -0.2) is 4.39 Å². The van der Waals surface area contributed by atoms with Crippen LogP contribution < -0.4 is 4.74 Å². The average molecular weight is 264 g/mol. The number of nitrogens with zero attached hydrogens (tertiary/aromatic N) is 4. The molecule has 2 rings (SSSR count). The van der Waals surface area contributed by atoms with Crippen molar-refractivity contribution in [3.63, 3.8) is 0 Å². The predicted molar refractivity (Wildman–Crippen MR) is 69.2 cm³/mol. The third kappa shape index (κ3) is 4.03. The van der Waals surface area contributed by atoms with Gasteiger partial charge in [0, 0.05) is 26.3 Å². The standard InChI is InChI=1S/C13H17FN4O/c1-17(9-11-10-18(2)16-15-11)7-8-19-13-6-4-3-5-12(13)14/h3-6,10H,7-9H2,1-2H3. The highest BCUT2D eigenvalue weighted by atomic mass is 19.1. The number of halogens is 1. The lowest BCUT2D eigenvalue weighted by atomic mass is 10.3. The Bertz CT molecular complexity index is 529. The lowest BCUT2D eigenvalue weighted by Crippen LogP contribution is -2.24. The summed E-state index contributed by atoms with van der Waals surface area (Å²) in [6.07, 6.45) is 1.87. The number of aryl methyl sites for hydroxylation is 1. The summed E-state index contributed by atoms with van der Waals surface area (Å²) in [6, 6.07) is 6.40. The van der Waals surface area contributed by atoms with Gasteiger partial charge in [-0.15, -0.1) is 5.10 Å². The van der Waals surface area contributed by atoms with Crippen LogP contribution in [-0.2, 0) is 13.6 Å². The van der Waals surface area contributed by atoms with Crippen LogP contribution in [0.5, 0.6) is 5.75 Å². The molecule has 6 heteroatoms. The molecule has 0 radical (unpaired) electrons. The molecule has 1 heterocycles. The van der Waals surface area contributed by atoms with E-state index in [0.717, 1.165) is 5.69 Å². The maximum absolute atomic E-state index is 13.3. The Morgan fingerprint density at radius 3 is 2.84 bits per heavy atom. The van der Waals surface area contributed by atoms with Crippen molar-refractivity contribution in [2.45, 2.75) is 6.54 Å². The van der Waals surface area contributed by atoms with Gasteiger partial charge >= 0.3 is 0 Å². The van der Waals surface area contributed by atoms with Crippen molar-refractivity contribution in [2.24, 2.45) is 7.05 Å². The maximum atomic E-state index is 13.3. The summed E-state index contributed by atoms with van der Waals surface area (Å²) >= 11 is 0. The number of benzene rings is 1. The molecule has 0 spiro atoms. The first-order valence-corrected chi connectivity index (χ1v) is 6.06. The molecule has 0 aliphatic carbocycles. The van der Waals surface area contributed by atoms with Crippen molar-refractivity contribution in [2.75, 3.05) is 20.2 Å². The Hall–Kier alpha value is -1.95. The summed E-state index contributed by atoms with van der Waals surface area (Å²) in [5.74, 6) is -0.0468. The zero-order chi connectivity index (χ0) is 13.7. The number of para-hydroxylation sites is 1. The molecule has 102 valence electrons. The van der Waals surface area contributed by atoms with Gasteiger partial charge in [0.15, 0.2) is 11.6 Å². The van der Waals surface area contributed by atoms with E-state index >= 15 is 0 Å². The molecule has 0 saturated carbocycles. The SMILES string of the molecule is CN(CCOc1ccccc1F)Cc1cn(C)nn1. The molecule has 5 nitrogen and oxygen atoms in total. The Morgan fingerprint density at radius 2 is 2.16 bits per heavy atom. The van der Waals surface area contributed by atoms with Gasteiger partial charge in [-0.2, -0.15) is 0 Å². The van der Waals surface area contributed by atoms with Gasteiger partial charge in [-0.05, 0) is 19.2 Å². The monoisotopic (exact) mass is 264 g/mol. The molecule has 0 aliphatic rings. The largest absolute Gasteiger partial charge is 0.489 e. The Morgan fingerprint density at radius 1 is 1.37 bits per heavy atom. The van der Waals surface area contributed by atoms with Crippen LogP contribution in [0.1, 0.15) is 5.69 Å². The predicted octanol–water partition coefficient (Wildman–Crippen LogP) is 1.46. The van der Waals surface area contributed by atoms with E-state index in [4.69, 9.17) is 4.74 Å². The van der Waals surface area contributed by atoms with E-state index in [9.17, 15) is 4.39 Å². The minimum absolute atomic E-state index is 0.287. The summed E-state index contributed by atoms with van der Waals surface area (Å²) < 4.78 is 20.4. The normalized spacial score (nSPS) is 10.9. The molecule has 2 aromatic rings. The van der Waals surface area contributed by atoms with Crippen LogP contribution in [0.4, 0.5) is 4.39 Å². The summed E-state index contributed by atoms with van der Waals surface area (Å²) in [5.41, 5.74) is 0.899. The number of rotatable bonds is 6. The fourth-order valence-corrected chi connectivity index (χ4v) is 1.70. The van der Waals surface area contributed by atoms with Crippen molar-refractivity contribution in [3.05, 3.63) is 42.0 Å². The summed E-state index contributed by atoms with van der Waals surface area (Å²) in [6.45, 7) is 1.80.